The quantitative estimate of drug-likeness (QED) is 0.816. The normalized spacial score (nSPS) is 15.7. The molecular formula is C14H20N2OS. The van der Waals surface area contributed by atoms with Crippen LogP contribution in [-0.4, -0.2) is 48.5 Å². The van der Waals surface area contributed by atoms with E-state index in [0.717, 1.165) is 37.6 Å². The molecule has 1 aromatic rings. The van der Waals surface area contributed by atoms with Gasteiger partial charge in [-0.25, -0.2) is 0 Å². The summed E-state index contributed by atoms with van der Waals surface area (Å²) in [4.78, 5) is 13.8. The summed E-state index contributed by atoms with van der Waals surface area (Å²) in [7, 11) is 0. The Morgan fingerprint density at radius 2 is 1.94 bits per heavy atom. The first kappa shape index (κ1) is 13.4. The van der Waals surface area contributed by atoms with Gasteiger partial charge in [0.15, 0.2) is 0 Å². The number of hydrogen-bond acceptors (Lipinski definition) is 3. The molecule has 18 heavy (non-hydrogen) atoms. The molecule has 1 amide bonds. The van der Waals surface area contributed by atoms with E-state index < -0.39 is 0 Å². The summed E-state index contributed by atoms with van der Waals surface area (Å²) in [5.41, 5.74) is 1.31. The molecule has 1 fully saturated rings. The zero-order chi connectivity index (χ0) is 12.6. The molecule has 1 heterocycles. The highest BCUT2D eigenvalue weighted by molar-refractivity contribution is 7.99. The molecule has 2 rings (SSSR count). The maximum Gasteiger partial charge on any atom is 0.236 e. The van der Waals surface area contributed by atoms with E-state index in [-0.39, 0.29) is 5.91 Å². The van der Waals surface area contributed by atoms with Crippen LogP contribution >= 0.6 is 11.8 Å². The molecule has 1 aliphatic heterocycles. The highest BCUT2D eigenvalue weighted by atomic mass is 32.2. The van der Waals surface area contributed by atoms with Gasteiger partial charge in [0, 0.05) is 24.6 Å². The van der Waals surface area contributed by atoms with Gasteiger partial charge >= 0.3 is 0 Å². The minimum absolute atomic E-state index is 0.239. The molecule has 1 saturated heterocycles. The molecule has 0 radical (unpaired) electrons. The summed E-state index contributed by atoms with van der Waals surface area (Å²) in [6.45, 7) is 3.14. The second kappa shape index (κ2) is 7.44. The summed E-state index contributed by atoms with van der Waals surface area (Å²) in [5.74, 6) is 2.40. The topological polar surface area (TPSA) is 32.3 Å². The Morgan fingerprint density at radius 3 is 2.67 bits per heavy atom. The van der Waals surface area contributed by atoms with Gasteiger partial charge in [-0.15, -0.1) is 0 Å². The Balaban J connectivity index is 1.61. The van der Waals surface area contributed by atoms with Crippen molar-refractivity contribution in [2.45, 2.75) is 6.42 Å². The average Bonchev–Trinajstić information content (AvgIpc) is 2.45. The van der Waals surface area contributed by atoms with Gasteiger partial charge in [-0.1, -0.05) is 30.3 Å². The number of carbonyl (C=O) groups is 1. The minimum Gasteiger partial charge on any atom is -0.340 e. The number of nitrogens with one attached hydrogen (secondary N) is 1. The van der Waals surface area contributed by atoms with Gasteiger partial charge in [-0.05, 0) is 18.5 Å². The Kier molecular flexibility index (Phi) is 5.55. The van der Waals surface area contributed by atoms with Gasteiger partial charge in [0.2, 0.25) is 5.91 Å². The second-order valence-electron chi connectivity index (χ2n) is 4.41. The molecule has 0 aliphatic carbocycles. The van der Waals surface area contributed by atoms with Gasteiger partial charge in [0.1, 0.15) is 0 Å². The molecule has 98 valence electrons. The molecule has 1 aromatic carbocycles. The maximum atomic E-state index is 11.9. The molecule has 0 atom stereocenters. The Bertz CT molecular complexity index is 363. The standard InChI is InChI=1S/C14H20N2OS/c17-14(16-8-10-18-11-9-16)12-15-7-6-13-4-2-1-3-5-13/h1-5,15H,6-12H2. The highest BCUT2D eigenvalue weighted by Crippen LogP contribution is 2.08. The fraction of sp³-hybridized carbons (Fsp3) is 0.500. The number of nitrogens with zero attached hydrogens (tertiary/aromatic N) is 1. The predicted molar refractivity (Wildman–Crippen MR) is 76.9 cm³/mol. The predicted octanol–water partition coefficient (Wildman–Crippen LogP) is 1.39. The number of thioether (sulfide) groups is 1. The number of amides is 1. The summed E-state index contributed by atoms with van der Waals surface area (Å²) in [6, 6.07) is 10.4. The van der Waals surface area contributed by atoms with Crippen LogP contribution in [0, 0.1) is 0 Å². The first-order valence-electron chi connectivity index (χ1n) is 6.46. The highest BCUT2D eigenvalue weighted by Gasteiger charge is 2.15. The lowest BCUT2D eigenvalue weighted by Crippen LogP contribution is -2.43. The van der Waals surface area contributed by atoms with Crippen LogP contribution in [-0.2, 0) is 11.2 Å². The molecule has 0 aromatic heterocycles. The number of hydrogen-bond donors (Lipinski definition) is 1. The van der Waals surface area contributed by atoms with Crippen molar-refractivity contribution in [1.82, 2.24) is 10.2 Å². The summed E-state index contributed by atoms with van der Waals surface area (Å²) in [5, 5.41) is 3.23. The molecule has 1 aliphatic rings. The van der Waals surface area contributed by atoms with Gasteiger partial charge in [-0.2, -0.15) is 11.8 Å². The molecule has 1 N–H and O–H groups in total. The Labute approximate surface area is 113 Å². The fourth-order valence-corrected chi connectivity index (χ4v) is 2.90. The molecule has 0 unspecified atom stereocenters. The van der Waals surface area contributed by atoms with Crippen molar-refractivity contribution in [2.75, 3.05) is 37.7 Å². The average molecular weight is 264 g/mol. The lowest BCUT2D eigenvalue weighted by molar-refractivity contribution is -0.129. The van der Waals surface area contributed by atoms with E-state index in [1.54, 1.807) is 0 Å². The van der Waals surface area contributed by atoms with Crippen LogP contribution in [0.5, 0.6) is 0 Å². The molecule has 4 heteroatoms. The van der Waals surface area contributed by atoms with Gasteiger partial charge < -0.3 is 10.2 Å². The first-order chi connectivity index (χ1) is 8.86. The zero-order valence-electron chi connectivity index (χ0n) is 10.6. The van der Waals surface area contributed by atoms with Crippen LogP contribution < -0.4 is 5.32 Å². The van der Waals surface area contributed by atoms with E-state index in [4.69, 9.17) is 0 Å². The third-order valence-corrected chi connectivity index (χ3v) is 4.02. The van der Waals surface area contributed by atoms with E-state index in [0.29, 0.717) is 6.54 Å². The minimum atomic E-state index is 0.239. The van der Waals surface area contributed by atoms with Crippen molar-refractivity contribution in [3.05, 3.63) is 35.9 Å². The number of benzene rings is 1. The van der Waals surface area contributed by atoms with Crippen LogP contribution in [0.25, 0.3) is 0 Å². The van der Waals surface area contributed by atoms with E-state index in [1.807, 2.05) is 34.9 Å². The van der Waals surface area contributed by atoms with Crippen molar-refractivity contribution in [1.29, 1.82) is 0 Å². The van der Waals surface area contributed by atoms with E-state index in [9.17, 15) is 4.79 Å². The lowest BCUT2D eigenvalue weighted by atomic mass is 10.1. The lowest BCUT2D eigenvalue weighted by Gasteiger charge is -2.26. The number of rotatable bonds is 5. The maximum absolute atomic E-state index is 11.9. The van der Waals surface area contributed by atoms with E-state index in [2.05, 4.69) is 17.4 Å². The summed E-state index contributed by atoms with van der Waals surface area (Å²) in [6.07, 6.45) is 0.976. The van der Waals surface area contributed by atoms with Crippen molar-refractivity contribution in [3.63, 3.8) is 0 Å². The number of carbonyl (C=O) groups excluding carboxylic acids is 1. The van der Waals surface area contributed by atoms with Crippen molar-refractivity contribution in [2.24, 2.45) is 0 Å². The molecule has 0 spiro atoms. The first-order valence-corrected chi connectivity index (χ1v) is 7.62. The zero-order valence-corrected chi connectivity index (χ0v) is 11.4. The van der Waals surface area contributed by atoms with Gasteiger partial charge in [0.25, 0.3) is 0 Å². The Morgan fingerprint density at radius 1 is 1.22 bits per heavy atom. The Hall–Kier alpha value is -1.000. The largest absolute Gasteiger partial charge is 0.340 e. The van der Waals surface area contributed by atoms with E-state index in [1.165, 1.54) is 5.56 Å². The van der Waals surface area contributed by atoms with Crippen molar-refractivity contribution >= 4 is 17.7 Å². The summed E-state index contributed by atoms with van der Waals surface area (Å²) < 4.78 is 0. The SMILES string of the molecule is O=C(CNCCc1ccccc1)N1CCSCC1. The van der Waals surface area contributed by atoms with Crippen LogP contribution in [0.3, 0.4) is 0 Å². The van der Waals surface area contributed by atoms with Crippen LogP contribution in [0.1, 0.15) is 5.56 Å². The van der Waals surface area contributed by atoms with Gasteiger partial charge in [-0.3, -0.25) is 4.79 Å². The van der Waals surface area contributed by atoms with Crippen LogP contribution in [0.2, 0.25) is 0 Å². The summed E-state index contributed by atoms with van der Waals surface area (Å²) >= 11 is 1.93. The fourth-order valence-electron chi connectivity index (χ4n) is 2.00. The van der Waals surface area contributed by atoms with Crippen LogP contribution in [0.15, 0.2) is 30.3 Å². The molecule has 3 nitrogen and oxygen atoms in total. The third kappa shape index (κ3) is 4.35. The molecule has 0 saturated carbocycles. The third-order valence-electron chi connectivity index (χ3n) is 3.07. The van der Waals surface area contributed by atoms with Crippen molar-refractivity contribution < 1.29 is 4.79 Å². The van der Waals surface area contributed by atoms with Crippen molar-refractivity contribution in [3.8, 4) is 0 Å². The molecule has 0 bridgehead atoms. The van der Waals surface area contributed by atoms with Gasteiger partial charge in [0.05, 0.1) is 6.54 Å². The monoisotopic (exact) mass is 264 g/mol. The smallest absolute Gasteiger partial charge is 0.236 e. The van der Waals surface area contributed by atoms with Crippen LogP contribution in [0.4, 0.5) is 0 Å². The van der Waals surface area contributed by atoms with E-state index >= 15 is 0 Å². The molecular weight excluding hydrogens is 244 g/mol. The second-order valence-corrected chi connectivity index (χ2v) is 5.63.